The molecule has 0 aromatic heterocycles. The van der Waals surface area contributed by atoms with Crippen molar-refractivity contribution in [3.8, 4) is 0 Å². The maximum Gasteiger partial charge on any atom is 0.0575 e. The molecule has 0 aromatic carbocycles. The van der Waals surface area contributed by atoms with Crippen LogP contribution in [0.25, 0.3) is 0 Å². The lowest BCUT2D eigenvalue weighted by Gasteiger charge is -2.37. The quantitative estimate of drug-likeness (QED) is 0.694. The van der Waals surface area contributed by atoms with Crippen molar-refractivity contribution in [2.24, 2.45) is 17.8 Å². The highest BCUT2D eigenvalue weighted by molar-refractivity contribution is 4.82. The molecule has 0 radical (unpaired) electrons. The lowest BCUT2D eigenvalue weighted by molar-refractivity contribution is 0.00181. The summed E-state index contributed by atoms with van der Waals surface area (Å²) in [6.07, 6.45) is 15.3. The maximum absolute atomic E-state index is 8.79. The summed E-state index contributed by atoms with van der Waals surface area (Å²) in [5.41, 5.74) is 0. The molecule has 2 heteroatoms. The van der Waals surface area contributed by atoms with E-state index in [2.05, 4.69) is 6.92 Å². The lowest BCUT2D eigenvalue weighted by Crippen LogP contribution is -2.28. The second kappa shape index (κ2) is 9.04. The normalized spacial score (nSPS) is 35.1. The van der Waals surface area contributed by atoms with E-state index < -0.39 is 0 Å². The smallest absolute Gasteiger partial charge is 0.0575 e. The predicted molar refractivity (Wildman–Crippen MR) is 83.8 cm³/mol. The number of hydrogen-bond donors (Lipinski definition) is 1. The molecule has 118 valence electrons. The summed E-state index contributed by atoms with van der Waals surface area (Å²) in [5, 5.41) is 8.79. The summed E-state index contributed by atoms with van der Waals surface area (Å²) in [4.78, 5) is 0. The van der Waals surface area contributed by atoms with E-state index in [0.29, 0.717) is 6.10 Å². The first kappa shape index (κ1) is 16.3. The SMILES string of the molecule is CCCC1CCC(C2CCC(OCCCO)CC2)CC1. The van der Waals surface area contributed by atoms with Gasteiger partial charge in [-0.1, -0.05) is 32.6 Å². The Hall–Kier alpha value is -0.0800. The summed E-state index contributed by atoms with van der Waals surface area (Å²) in [5.74, 6) is 3.03. The van der Waals surface area contributed by atoms with E-state index in [-0.39, 0.29) is 6.61 Å². The molecule has 0 atom stereocenters. The van der Waals surface area contributed by atoms with Crippen LogP contribution < -0.4 is 0 Å². The van der Waals surface area contributed by atoms with Crippen LogP contribution in [0, 0.1) is 17.8 Å². The molecule has 0 amide bonds. The molecule has 2 saturated carbocycles. The number of aliphatic hydroxyl groups is 1. The number of aliphatic hydroxyl groups excluding tert-OH is 1. The molecule has 0 spiro atoms. The maximum atomic E-state index is 8.79. The fourth-order valence-electron chi connectivity index (χ4n) is 4.40. The van der Waals surface area contributed by atoms with Gasteiger partial charge >= 0.3 is 0 Å². The van der Waals surface area contributed by atoms with Gasteiger partial charge in [0.25, 0.3) is 0 Å². The largest absolute Gasteiger partial charge is 0.396 e. The fraction of sp³-hybridized carbons (Fsp3) is 1.00. The average Bonchev–Trinajstić information content (AvgIpc) is 2.49. The molecular weight excluding hydrogens is 248 g/mol. The van der Waals surface area contributed by atoms with Gasteiger partial charge in [-0.2, -0.15) is 0 Å². The third-order valence-electron chi connectivity index (χ3n) is 5.63. The first-order chi connectivity index (χ1) is 9.83. The molecule has 0 aromatic rings. The Morgan fingerprint density at radius 1 is 0.900 bits per heavy atom. The molecule has 2 nitrogen and oxygen atoms in total. The van der Waals surface area contributed by atoms with Crippen molar-refractivity contribution in [3.05, 3.63) is 0 Å². The molecule has 2 fully saturated rings. The van der Waals surface area contributed by atoms with Crippen LogP contribution in [0.3, 0.4) is 0 Å². The van der Waals surface area contributed by atoms with Gasteiger partial charge in [0, 0.05) is 13.2 Å². The zero-order chi connectivity index (χ0) is 14.2. The molecule has 2 aliphatic carbocycles. The van der Waals surface area contributed by atoms with Crippen molar-refractivity contribution in [2.45, 2.75) is 83.7 Å². The first-order valence-corrected chi connectivity index (χ1v) is 9.06. The molecule has 2 aliphatic rings. The van der Waals surface area contributed by atoms with Crippen molar-refractivity contribution < 1.29 is 9.84 Å². The topological polar surface area (TPSA) is 29.5 Å². The van der Waals surface area contributed by atoms with Crippen LogP contribution in [-0.2, 0) is 4.74 Å². The minimum atomic E-state index is 0.260. The van der Waals surface area contributed by atoms with Crippen molar-refractivity contribution >= 4 is 0 Å². The Morgan fingerprint density at radius 3 is 2.05 bits per heavy atom. The van der Waals surface area contributed by atoms with Gasteiger partial charge in [-0.3, -0.25) is 0 Å². The highest BCUT2D eigenvalue weighted by atomic mass is 16.5. The Morgan fingerprint density at radius 2 is 1.50 bits per heavy atom. The van der Waals surface area contributed by atoms with E-state index in [1.807, 2.05) is 0 Å². The van der Waals surface area contributed by atoms with Crippen LogP contribution in [0.2, 0.25) is 0 Å². The molecule has 0 bridgehead atoms. The van der Waals surface area contributed by atoms with Crippen molar-refractivity contribution in [2.75, 3.05) is 13.2 Å². The summed E-state index contributed by atoms with van der Waals surface area (Å²) in [6, 6.07) is 0. The molecule has 0 unspecified atom stereocenters. The van der Waals surface area contributed by atoms with Crippen LogP contribution in [0.5, 0.6) is 0 Å². The van der Waals surface area contributed by atoms with E-state index >= 15 is 0 Å². The van der Waals surface area contributed by atoms with Crippen LogP contribution in [0.4, 0.5) is 0 Å². The third kappa shape index (κ3) is 5.04. The number of ether oxygens (including phenoxy) is 1. The van der Waals surface area contributed by atoms with Crippen molar-refractivity contribution in [1.29, 1.82) is 0 Å². The zero-order valence-corrected chi connectivity index (χ0v) is 13.4. The minimum absolute atomic E-state index is 0.260. The predicted octanol–water partition coefficient (Wildman–Crippen LogP) is 4.55. The van der Waals surface area contributed by atoms with Gasteiger partial charge in [-0.05, 0) is 62.7 Å². The molecule has 0 heterocycles. The number of rotatable bonds is 7. The van der Waals surface area contributed by atoms with Crippen LogP contribution in [0.1, 0.15) is 77.6 Å². The van der Waals surface area contributed by atoms with Crippen LogP contribution in [-0.4, -0.2) is 24.4 Å². The molecule has 0 aliphatic heterocycles. The van der Waals surface area contributed by atoms with Gasteiger partial charge in [0.05, 0.1) is 6.10 Å². The zero-order valence-electron chi connectivity index (χ0n) is 13.4. The Labute approximate surface area is 125 Å². The Balaban J connectivity index is 1.62. The molecule has 1 N–H and O–H groups in total. The third-order valence-corrected chi connectivity index (χ3v) is 5.63. The van der Waals surface area contributed by atoms with Crippen molar-refractivity contribution in [1.82, 2.24) is 0 Å². The Bertz CT molecular complexity index is 238. The average molecular weight is 282 g/mol. The molecule has 2 rings (SSSR count). The van der Waals surface area contributed by atoms with E-state index in [9.17, 15) is 0 Å². The standard InChI is InChI=1S/C18H34O2/c1-2-4-15-5-7-16(8-6-15)17-9-11-18(12-10-17)20-14-3-13-19/h15-19H,2-14H2,1H3. The highest BCUT2D eigenvalue weighted by Crippen LogP contribution is 2.41. The summed E-state index contributed by atoms with van der Waals surface area (Å²) in [6.45, 7) is 3.33. The van der Waals surface area contributed by atoms with E-state index in [1.54, 1.807) is 0 Å². The Kier molecular flexibility index (Phi) is 7.37. The van der Waals surface area contributed by atoms with Gasteiger partial charge in [0.15, 0.2) is 0 Å². The van der Waals surface area contributed by atoms with Gasteiger partial charge in [0.2, 0.25) is 0 Å². The van der Waals surface area contributed by atoms with Crippen LogP contribution in [0.15, 0.2) is 0 Å². The van der Waals surface area contributed by atoms with Gasteiger partial charge in [-0.25, -0.2) is 0 Å². The fourth-order valence-corrected chi connectivity index (χ4v) is 4.40. The summed E-state index contributed by atoms with van der Waals surface area (Å²) >= 11 is 0. The van der Waals surface area contributed by atoms with E-state index in [0.717, 1.165) is 30.8 Å². The second-order valence-electron chi connectivity index (χ2n) is 7.05. The first-order valence-electron chi connectivity index (χ1n) is 9.06. The summed E-state index contributed by atoms with van der Waals surface area (Å²) < 4.78 is 5.85. The monoisotopic (exact) mass is 282 g/mol. The van der Waals surface area contributed by atoms with Gasteiger partial charge in [-0.15, -0.1) is 0 Å². The molecular formula is C18H34O2. The summed E-state index contributed by atoms with van der Waals surface area (Å²) in [7, 11) is 0. The van der Waals surface area contributed by atoms with E-state index in [1.165, 1.54) is 64.2 Å². The van der Waals surface area contributed by atoms with Crippen LogP contribution >= 0.6 is 0 Å². The number of hydrogen-bond acceptors (Lipinski definition) is 2. The van der Waals surface area contributed by atoms with Crippen molar-refractivity contribution in [3.63, 3.8) is 0 Å². The minimum Gasteiger partial charge on any atom is -0.396 e. The van der Waals surface area contributed by atoms with Gasteiger partial charge < -0.3 is 9.84 Å². The second-order valence-corrected chi connectivity index (χ2v) is 7.05. The molecule has 20 heavy (non-hydrogen) atoms. The lowest BCUT2D eigenvalue weighted by atomic mass is 9.70. The van der Waals surface area contributed by atoms with E-state index in [4.69, 9.17) is 9.84 Å². The highest BCUT2D eigenvalue weighted by Gasteiger charge is 2.30. The molecule has 0 saturated heterocycles. The van der Waals surface area contributed by atoms with Gasteiger partial charge in [0.1, 0.15) is 0 Å².